The van der Waals surface area contributed by atoms with E-state index in [0.717, 1.165) is 31.4 Å². The fourth-order valence-electron chi connectivity index (χ4n) is 1.18. The molecule has 0 atom stereocenters. The predicted octanol–water partition coefficient (Wildman–Crippen LogP) is 3.79. The molecule has 0 N–H and O–H groups in total. The third kappa shape index (κ3) is 3.46. The number of hydrogen-bond donors (Lipinski definition) is 0. The van der Waals surface area contributed by atoms with Crippen molar-refractivity contribution in [3.63, 3.8) is 0 Å². The van der Waals surface area contributed by atoms with Crippen LogP contribution in [0.3, 0.4) is 0 Å². The quantitative estimate of drug-likeness (QED) is 0.437. The number of nitrogens with zero attached hydrogens (tertiary/aromatic N) is 1. The minimum atomic E-state index is 0.722. The summed E-state index contributed by atoms with van der Waals surface area (Å²) in [5.41, 5.74) is 1.90. The fraction of sp³-hybridized carbons (Fsp3) is 0.600. The molecule has 0 amide bonds. The summed E-state index contributed by atoms with van der Waals surface area (Å²) in [5, 5.41) is 3.05. The van der Waals surface area contributed by atoms with Crippen LogP contribution in [0.1, 0.15) is 39.5 Å². The second-order valence-corrected chi connectivity index (χ2v) is 2.68. The second kappa shape index (κ2) is 6.77. The van der Waals surface area contributed by atoms with Crippen LogP contribution in [0.5, 0.6) is 0 Å². The number of rotatable bonds is 6. The standard InChI is InChI=1S/C10H17NO/c1-4-7-8-10(11-12)9(5-2)6-3/h4H,1,5-8H2,2-3H3. The van der Waals surface area contributed by atoms with Gasteiger partial charge in [0.25, 0.3) is 0 Å². The van der Waals surface area contributed by atoms with Crippen molar-refractivity contribution in [1.29, 1.82) is 0 Å². The maximum Gasteiger partial charge on any atom is 0.0843 e. The number of allylic oxidation sites excluding steroid dienone is 3. The first-order valence-corrected chi connectivity index (χ1v) is 4.45. The van der Waals surface area contributed by atoms with Gasteiger partial charge >= 0.3 is 0 Å². The molecule has 0 aliphatic heterocycles. The van der Waals surface area contributed by atoms with Crippen molar-refractivity contribution >= 4 is 0 Å². The van der Waals surface area contributed by atoms with E-state index in [1.807, 2.05) is 6.08 Å². The lowest BCUT2D eigenvalue weighted by atomic mass is 10.1. The lowest BCUT2D eigenvalue weighted by Gasteiger charge is -2.03. The van der Waals surface area contributed by atoms with E-state index in [1.54, 1.807) is 0 Å². The highest BCUT2D eigenvalue weighted by atomic mass is 16.3. The predicted molar refractivity (Wildman–Crippen MR) is 52.8 cm³/mol. The van der Waals surface area contributed by atoms with E-state index >= 15 is 0 Å². The van der Waals surface area contributed by atoms with Crippen molar-refractivity contribution in [3.8, 4) is 0 Å². The van der Waals surface area contributed by atoms with Gasteiger partial charge in [0.2, 0.25) is 0 Å². The Labute approximate surface area is 74.3 Å². The third-order valence-electron chi connectivity index (χ3n) is 1.96. The smallest absolute Gasteiger partial charge is 0.0843 e. The molecule has 0 saturated heterocycles. The first kappa shape index (κ1) is 11.1. The van der Waals surface area contributed by atoms with Gasteiger partial charge < -0.3 is 0 Å². The van der Waals surface area contributed by atoms with E-state index < -0.39 is 0 Å². The summed E-state index contributed by atoms with van der Waals surface area (Å²) in [6, 6.07) is 0. The minimum Gasteiger partial charge on any atom is -0.145 e. The molecule has 0 saturated carbocycles. The van der Waals surface area contributed by atoms with Crippen molar-refractivity contribution < 1.29 is 0 Å². The number of nitroso groups, excluding NO2 is 1. The first-order chi connectivity index (χ1) is 5.79. The molecule has 12 heavy (non-hydrogen) atoms. The van der Waals surface area contributed by atoms with Crippen molar-refractivity contribution in [2.45, 2.75) is 39.5 Å². The van der Waals surface area contributed by atoms with Gasteiger partial charge in [-0.25, -0.2) is 0 Å². The second-order valence-electron chi connectivity index (χ2n) is 2.68. The van der Waals surface area contributed by atoms with E-state index in [1.165, 1.54) is 5.57 Å². The first-order valence-electron chi connectivity index (χ1n) is 4.45. The zero-order valence-electron chi connectivity index (χ0n) is 7.97. The van der Waals surface area contributed by atoms with Gasteiger partial charge in [0.05, 0.1) is 5.70 Å². The summed E-state index contributed by atoms with van der Waals surface area (Å²) < 4.78 is 0. The molecular formula is C10H17NO. The Balaban J connectivity index is 4.34. The van der Waals surface area contributed by atoms with Gasteiger partial charge in [-0.3, -0.25) is 0 Å². The molecular weight excluding hydrogens is 150 g/mol. The van der Waals surface area contributed by atoms with Crippen molar-refractivity contribution in [2.24, 2.45) is 5.18 Å². The van der Waals surface area contributed by atoms with Crippen LogP contribution in [0.25, 0.3) is 0 Å². The van der Waals surface area contributed by atoms with Gasteiger partial charge in [-0.15, -0.1) is 11.5 Å². The van der Waals surface area contributed by atoms with Gasteiger partial charge in [-0.1, -0.05) is 19.9 Å². The van der Waals surface area contributed by atoms with Crippen LogP contribution in [0.4, 0.5) is 0 Å². The molecule has 0 aromatic rings. The maximum atomic E-state index is 10.4. The van der Waals surface area contributed by atoms with Crippen molar-refractivity contribution in [3.05, 3.63) is 28.8 Å². The van der Waals surface area contributed by atoms with Gasteiger partial charge in [-0.05, 0) is 36.4 Å². The molecule has 0 radical (unpaired) electrons. The van der Waals surface area contributed by atoms with Crippen LogP contribution in [0.15, 0.2) is 29.1 Å². The zero-order valence-corrected chi connectivity index (χ0v) is 7.97. The van der Waals surface area contributed by atoms with E-state index in [4.69, 9.17) is 0 Å². The molecule has 0 aromatic carbocycles. The Morgan fingerprint density at radius 3 is 2.33 bits per heavy atom. The lowest BCUT2D eigenvalue weighted by molar-refractivity contribution is 0.865. The van der Waals surface area contributed by atoms with Crippen LogP contribution < -0.4 is 0 Å². The van der Waals surface area contributed by atoms with Crippen molar-refractivity contribution in [2.75, 3.05) is 0 Å². The Hall–Kier alpha value is -0.920. The topological polar surface area (TPSA) is 29.4 Å². The average molecular weight is 167 g/mol. The molecule has 0 fully saturated rings. The van der Waals surface area contributed by atoms with E-state index in [2.05, 4.69) is 25.6 Å². The molecule has 0 aliphatic rings. The lowest BCUT2D eigenvalue weighted by Crippen LogP contribution is -1.87. The average Bonchev–Trinajstić information content (AvgIpc) is 2.12. The minimum absolute atomic E-state index is 0.722. The SMILES string of the molecule is C=CCCC(N=O)=C(CC)CC. The Morgan fingerprint density at radius 2 is 2.00 bits per heavy atom. The third-order valence-corrected chi connectivity index (χ3v) is 1.96. The molecule has 0 unspecified atom stereocenters. The van der Waals surface area contributed by atoms with E-state index in [9.17, 15) is 4.91 Å². The number of hydrogen-bond acceptors (Lipinski definition) is 2. The summed E-state index contributed by atoms with van der Waals surface area (Å²) >= 11 is 0. The molecule has 0 heterocycles. The fourth-order valence-corrected chi connectivity index (χ4v) is 1.18. The summed E-state index contributed by atoms with van der Waals surface area (Å²) in [6.45, 7) is 7.72. The summed E-state index contributed by atoms with van der Waals surface area (Å²) in [7, 11) is 0. The molecule has 0 spiro atoms. The van der Waals surface area contributed by atoms with Gasteiger partial charge in [-0.2, -0.15) is 0 Å². The molecule has 2 nitrogen and oxygen atoms in total. The van der Waals surface area contributed by atoms with Crippen molar-refractivity contribution in [1.82, 2.24) is 0 Å². The van der Waals surface area contributed by atoms with Gasteiger partial charge in [0.15, 0.2) is 0 Å². The summed E-state index contributed by atoms with van der Waals surface area (Å²) in [4.78, 5) is 10.4. The summed E-state index contributed by atoms with van der Waals surface area (Å²) in [6.07, 6.45) is 5.24. The van der Waals surface area contributed by atoms with Gasteiger partial charge in [0.1, 0.15) is 0 Å². The highest BCUT2D eigenvalue weighted by Crippen LogP contribution is 2.18. The Bertz CT molecular complexity index is 176. The molecule has 0 rings (SSSR count). The molecule has 0 aliphatic carbocycles. The normalized spacial score (nSPS) is 9.17. The van der Waals surface area contributed by atoms with Crippen LogP contribution in [-0.4, -0.2) is 0 Å². The maximum absolute atomic E-state index is 10.4. The highest BCUT2D eigenvalue weighted by Gasteiger charge is 2.02. The van der Waals surface area contributed by atoms with Crippen LogP contribution >= 0.6 is 0 Å². The molecule has 2 heteroatoms. The van der Waals surface area contributed by atoms with Crippen LogP contribution in [0, 0.1) is 4.91 Å². The van der Waals surface area contributed by atoms with Gasteiger partial charge in [0, 0.05) is 0 Å². The largest absolute Gasteiger partial charge is 0.145 e. The zero-order chi connectivity index (χ0) is 9.40. The molecule has 68 valence electrons. The monoisotopic (exact) mass is 167 g/mol. The van der Waals surface area contributed by atoms with E-state index in [-0.39, 0.29) is 0 Å². The van der Waals surface area contributed by atoms with Crippen LogP contribution in [-0.2, 0) is 0 Å². The Morgan fingerprint density at radius 1 is 1.42 bits per heavy atom. The molecule has 0 bridgehead atoms. The van der Waals surface area contributed by atoms with E-state index in [0.29, 0.717) is 0 Å². The Kier molecular flexibility index (Phi) is 6.25. The summed E-state index contributed by atoms with van der Waals surface area (Å²) in [5.74, 6) is 0. The van der Waals surface area contributed by atoms with Crippen LogP contribution in [0.2, 0.25) is 0 Å². The highest BCUT2D eigenvalue weighted by molar-refractivity contribution is 5.12. The molecule has 0 aromatic heterocycles.